The Morgan fingerprint density at radius 2 is 0.487 bits per heavy atom. The average Bonchev–Trinajstić information content (AvgIpc) is 3.46. The Morgan fingerprint density at radius 3 is 0.775 bits per heavy atom. The third-order valence-electron chi connectivity index (χ3n) is 15.4. The Morgan fingerprint density at radius 1 is 0.263 bits per heavy atom. The van der Waals surface area contributed by atoms with E-state index in [0.29, 0.717) is 19.3 Å². The summed E-state index contributed by atoms with van der Waals surface area (Å²) in [4.78, 5) is 38.2. The van der Waals surface area contributed by atoms with E-state index in [4.69, 9.17) is 14.2 Å². The lowest BCUT2D eigenvalue weighted by Crippen LogP contribution is -2.30. The summed E-state index contributed by atoms with van der Waals surface area (Å²) in [7, 11) is 0. The first-order chi connectivity index (χ1) is 39.5. The summed E-state index contributed by atoms with van der Waals surface area (Å²) in [6, 6.07) is 0. The molecule has 0 spiro atoms. The van der Waals surface area contributed by atoms with Crippen molar-refractivity contribution in [3.05, 3.63) is 72.9 Å². The van der Waals surface area contributed by atoms with Crippen molar-refractivity contribution in [1.29, 1.82) is 0 Å². The summed E-state index contributed by atoms with van der Waals surface area (Å²) >= 11 is 0. The van der Waals surface area contributed by atoms with Crippen LogP contribution < -0.4 is 0 Å². The van der Waals surface area contributed by atoms with Gasteiger partial charge in [-0.2, -0.15) is 0 Å². The standard InChI is InChI=1S/C74H132O6/c1-4-7-10-13-16-19-21-23-25-27-29-31-33-35-36-37-38-40-41-43-45-47-49-51-53-55-58-61-64-67-73(76)79-70-71(69-78-72(75)66-63-60-57-18-15-12-9-6-3)80-74(77)68-65-62-59-56-54-52-50-48-46-44-42-39-34-32-30-28-26-24-22-20-17-14-11-8-5-2/h8,11,17,20,24,26-27,29-30,32,39,42,71H,4-7,9-10,12-16,18-19,21-23,25,28,31,33-38,40-41,43-70H2,1-3H3/b11-8-,20-17-,26-24-,29-27-,32-30-,42-39-. The first-order valence-corrected chi connectivity index (χ1v) is 34.9. The summed E-state index contributed by atoms with van der Waals surface area (Å²) in [6.07, 6.45) is 89.5. The molecule has 1 atom stereocenters. The summed E-state index contributed by atoms with van der Waals surface area (Å²) in [5.41, 5.74) is 0. The predicted molar refractivity (Wildman–Crippen MR) is 348 cm³/mol. The highest BCUT2D eigenvalue weighted by Crippen LogP contribution is 2.18. The molecule has 0 rings (SSSR count). The number of carbonyl (C=O) groups is 3. The highest BCUT2D eigenvalue weighted by molar-refractivity contribution is 5.71. The number of rotatable bonds is 64. The fourth-order valence-electron chi connectivity index (χ4n) is 10.2. The smallest absolute Gasteiger partial charge is 0.306 e. The van der Waals surface area contributed by atoms with Crippen LogP contribution in [-0.4, -0.2) is 37.2 Å². The van der Waals surface area contributed by atoms with Crippen LogP contribution in [-0.2, 0) is 28.6 Å². The number of carbonyl (C=O) groups excluding carboxylic acids is 3. The number of hydrogen-bond donors (Lipinski definition) is 0. The summed E-state index contributed by atoms with van der Waals surface area (Å²) in [5, 5.41) is 0. The molecule has 0 aromatic carbocycles. The summed E-state index contributed by atoms with van der Waals surface area (Å²) in [5.74, 6) is -0.866. The van der Waals surface area contributed by atoms with Crippen LogP contribution in [0.3, 0.4) is 0 Å². The second-order valence-electron chi connectivity index (χ2n) is 23.4. The number of hydrogen-bond acceptors (Lipinski definition) is 6. The summed E-state index contributed by atoms with van der Waals surface area (Å²) < 4.78 is 16.9. The van der Waals surface area contributed by atoms with Gasteiger partial charge in [-0.25, -0.2) is 0 Å². The SMILES string of the molecule is CC/C=C\C/C=C\C/C=C\C/C=C\C/C=C\CCCCCCCCCCCC(=O)OC(COC(=O)CCCCCCCCCC)COC(=O)CCCCCCCCCCCCCCCCCCC/C=C\CCCCCCCCCC. The average molecular weight is 1120 g/mol. The Hall–Kier alpha value is -3.15. The zero-order chi connectivity index (χ0) is 57.8. The van der Waals surface area contributed by atoms with Gasteiger partial charge in [-0.1, -0.05) is 325 Å². The molecule has 0 radical (unpaired) electrons. The van der Waals surface area contributed by atoms with Gasteiger partial charge >= 0.3 is 17.9 Å². The van der Waals surface area contributed by atoms with Crippen molar-refractivity contribution in [1.82, 2.24) is 0 Å². The molecular formula is C74H132O6. The molecule has 0 saturated carbocycles. The maximum Gasteiger partial charge on any atom is 0.306 e. The van der Waals surface area contributed by atoms with Gasteiger partial charge in [0.05, 0.1) is 0 Å². The van der Waals surface area contributed by atoms with Crippen molar-refractivity contribution in [3.63, 3.8) is 0 Å². The number of unbranched alkanes of at least 4 members (excludes halogenated alkanes) is 41. The van der Waals surface area contributed by atoms with E-state index < -0.39 is 6.10 Å². The van der Waals surface area contributed by atoms with Crippen molar-refractivity contribution >= 4 is 17.9 Å². The third-order valence-corrected chi connectivity index (χ3v) is 15.4. The Kier molecular flexibility index (Phi) is 65.7. The van der Waals surface area contributed by atoms with Crippen LogP contribution >= 0.6 is 0 Å². The van der Waals surface area contributed by atoms with Crippen LogP contribution in [0.15, 0.2) is 72.9 Å². The van der Waals surface area contributed by atoms with Crippen LogP contribution in [0, 0.1) is 0 Å². The topological polar surface area (TPSA) is 78.9 Å². The van der Waals surface area contributed by atoms with Crippen LogP contribution in [0.1, 0.15) is 361 Å². The molecule has 464 valence electrons. The van der Waals surface area contributed by atoms with E-state index in [9.17, 15) is 14.4 Å². The Balaban J connectivity index is 4.10. The minimum atomic E-state index is -0.776. The quantitative estimate of drug-likeness (QED) is 0.0261. The van der Waals surface area contributed by atoms with E-state index >= 15 is 0 Å². The second kappa shape index (κ2) is 68.3. The lowest BCUT2D eigenvalue weighted by molar-refractivity contribution is -0.167. The van der Waals surface area contributed by atoms with Crippen LogP contribution in [0.2, 0.25) is 0 Å². The third kappa shape index (κ3) is 65.7. The van der Waals surface area contributed by atoms with Gasteiger partial charge in [-0.3, -0.25) is 14.4 Å². The number of allylic oxidation sites excluding steroid dienone is 12. The van der Waals surface area contributed by atoms with Gasteiger partial charge in [0.25, 0.3) is 0 Å². The van der Waals surface area contributed by atoms with Crippen molar-refractivity contribution in [3.8, 4) is 0 Å². The molecule has 6 heteroatoms. The molecule has 0 heterocycles. The molecule has 0 aromatic heterocycles. The van der Waals surface area contributed by atoms with Gasteiger partial charge in [-0.05, 0) is 89.9 Å². The molecule has 0 N–H and O–H groups in total. The maximum absolute atomic E-state index is 12.9. The number of ether oxygens (including phenoxy) is 3. The molecule has 0 fully saturated rings. The second-order valence-corrected chi connectivity index (χ2v) is 23.4. The van der Waals surface area contributed by atoms with Crippen LogP contribution in [0.5, 0.6) is 0 Å². The van der Waals surface area contributed by atoms with Crippen LogP contribution in [0.4, 0.5) is 0 Å². The Labute approximate surface area is 497 Å². The molecule has 80 heavy (non-hydrogen) atoms. The predicted octanol–water partition coefficient (Wildman–Crippen LogP) is 24.1. The maximum atomic E-state index is 12.9. The molecule has 0 amide bonds. The van der Waals surface area contributed by atoms with E-state index in [1.165, 1.54) is 225 Å². The van der Waals surface area contributed by atoms with Gasteiger partial charge in [0.2, 0.25) is 0 Å². The molecule has 0 bridgehead atoms. The largest absolute Gasteiger partial charge is 0.462 e. The van der Waals surface area contributed by atoms with E-state index in [0.717, 1.165) is 96.3 Å². The molecule has 1 unspecified atom stereocenters. The molecular weight excluding hydrogens is 985 g/mol. The zero-order valence-corrected chi connectivity index (χ0v) is 53.3. The fourth-order valence-corrected chi connectivity index (χ4v) is 10.2. The van der Waals surface area contributed by atoms with Crippen molar-refractivity contribution in [2.75, 3.05) is 13.2 Å². The van der Waals surface area contributed by atoms with Crippen molar-refractivity contribution in [2.24, 2.45) is 0 Å². The van der Waals surface area contributed by atoms with Gasteiger partial charge in [-0.15, -0.1) is 0 Å². The Bertz CT molecular complexity index is 1470. The molecule has 0 saturated heterocycles. The molecule has 0 aliphatic rings. The molecule has 0 aliphatic heterocycles. The highest BCUT2D eigenvalue weighted by Gasteiger charge is 2.19. The molecule has 6 nitrogen and oxygen atoms in total. The van der Waals surface area contributed by atoms with Crippen LogP contribution in [0.25, 0.3) is 0 Å². The van der Waals surface area contributed by atoms with E-state index in [-0.39, 0.29) is 31.1 Å². The van der Waals surface area contributed by atoms with Crippen molar-refractivity contribution < 1.29 is 28.6 Å². The van der Waals surface area contributed by atoms with Gasteiger partial charge in [0.15, 0.2) is 6.10 Å². The van der Waals surface area contributed by atoms with E-state index in [1.807, 2.05) is 0 Å². The monoisotopic (exact) mass is 1120 g/mol. The zero-order valence-electron chi connectivity index (χ0n) is 53.3. The lowest BCUT2D eigenvalue weighted by atomic mass is 10.0. The lowest BCUT2D eigenvalue weighted by Gasteiger charge is -2.18. The van der Waals surface area contributed by atoms with Gasteiger partial charge < -0.3 is 14.2 Å². The molecule has 0 aromatic rings. The highest BCUT2D eigenvalue weighted by atomic mass is 16.6. The number of esters is 3. The minimum absolute atomic E-state index is 0.0737. The molecule has 0 aliphatic carbocycles. The summed E-state index contributed by atoms with van der Waals surface area (Å²) in [6.45, 7) is 6.54. The normalized spacial score (nSPS) is 12.5. The minimum Gasteiger partial charge on any atom is -0.462 e. The van der Waals surface area contributed by atoms with E-state index in [2.05, 4.69) is 93.7 Å². The first-order valence-electron chi connectivity index (χ1n) is 34.9. The first kappa shape index (κ1) is 76.9. The van der Waals surface area contributed by atoms with Crippen molar-refractivity contribution in [2.45, 2.75) is 367 Å². The van der Waals surface area contributed by atoms with Gasteiger partial charge in [0.1, 0.15) is 13.2 Å². The van der Waals surface area contributed by atoms with E-state index in [1.54, 1.807) is 0 Å². The van der Waals surface area contributed by atoms with Gasteiger partial charge in [0, 0.05) is 19.3 Å². The fraction of sp³-hybridized carbons (Fsp3) is 0.797.